The van der Waals surface area contributed by atoms with Crippen molar-refractivity contribution in [2.45, 2.75) is 12.5 Å². The van der Waals surface area contributed by atoms with Gasteiger partial charge in [-0.05, 0) is 20.5 Å². The Morgan fingerprint density at radius 1 is 1.62 bits per heavy atom. The number of esters is 1. The number of likely N-dealkylation sites (N-methyl/N-ethyl adjacent to an activating group) is 1. The summed E-state index contributed by atoms with van der Waals surface area (Å²) in [6.07, 6.45) is 0.945. The van der Waals surface area contributed by atoms with Crippen LogP contribution < -0.4 is 0 Å². The third-order valence-electron chi connectivity index (χ3n) is 2.44. The van der Waals surface area contributed by atoms with Gasteiger partial charge in [0.05, 0.1) is 7.11 Å². The third kappa shape index (κ3) is 2.67. The van der Waals surface area contributed by atoms with Gasteiger partial charge in [0.2, 0.25) is 0 Å². The Morgan fingerprint density at radius 2 is 2.31 bits per heavy atom. The Bertz CT molecular complexity index is 182. The summed E-state index contributed by atoms with van der Waals surface area (Å²) < 4.78 is 4.70. The van der Waals surface area contributed by atoms with E-state index in [9.17, 15) is 4.79 Å². The van der Waals surface area contributed by atoms with E-state index in [4.69, 9.17) is 4.74 Å². The van der Waals surface area contributed by atoms with Crippen LogP contribution in [-0.4, -0.2) is 62.7 Å². The van der Waals surface area contributed by atoms with Gasteiger partial charge in [0.15, 0.2) is 0 Å². The average molecular weight is 186 g/mol. The predicted molar refractivity (Wildman–Crippen MR) is 50.5 cm³/mol. The molecule has 4 nitrogen and oxygen atoms in total. The van der Waals surface area contributed by atoms with Gasteiger partial charge in [-0.2, -0.15) is 0 Å². The minimum atomic E-state index is -0.0926. The average Bonchev–Trinajstić information content (AvgIpc) is 2.01. The van der Waals surface area contributed by atoms with Crippen molar-refractivity contribution in [2.24, 2.45) is 0 Å². The van der Waals surface area contributed by atoms with Crippen molar-refractivity contribution in [3.05, 3.63) is 0 Å². The first-order chi connectivity index (χ1) is 6.15. The van der Waals surface area contributed by atoms with Crippen molar-refractivity contribution in [3.63, 3.8) is 0 Å². The Balaban J connectivity index is 2.24. The van der Waals surface area contributed by atoms with E-state index in [0.717, 1.165) is 26.1 Å². The normalized spacial score (nSPS) is 22.9. The topological polar surface area (TPSA) is 32.8 Å². The van der Waals surface area contributed by atoms with Crippen molar-refractivity contribution >= 4 is 5.97 Å². The summed E-state index contributed by atoms with van der Waals surface area (Å²) >= 11 is 0. The first-order valence-corrected chi connectivity index (χ1v) is 4.61. The Labute approximate surface area is 79.4 Å². The van der Waals surface area contributed by atoms with Crippen LogP contribution in [0.5, 0.6) is 0 Å². The van der Waals surface area contributed by atoms with Crippen LogP contribution in [0.25, 0.3) is 0 Å². The minimum absolute atomic E-state index is 0.0185. The van der Waals surface area contributed by atoms with E-state index in [1.165, 1.54) is 7.11 Å². The van der Waals surface area contributed by atoms with Crippen molar-refractivity contribution in [1.82, 2.24) is 9.80 Å². The summed E-state index contributed by atoms with van der Waals surface area (Å²) in [4.78, 5) is 15.4. The zero-order chi connectivity index (χ0) is 9.84. The number of carbonyl (C=O) groups excluding carboxylic acids is 1. The van der Waals surface area contributed by atoms with Gasteiger partial charge in [-0.3, -0.25) is 9.69 Å². The Kier molecular flexibility index (Phi) is 3.69. The molecule has 1 heterocycles. The van der Waals surface area contributed by atoms with Crippen LogP contribution in [0.1, 0.15) is 6.42 Å². The number of carbonyl (C=O) groups is 1. The van der Waals surface area contributed by atoms with E-state index < -0.39 is 0 Å². The molecule has 0 bridgehead atoms. The fourth-order valence-corrected chi connectivity index (χ4v) is 1.44. The fraction of sp³-hybridized carbons (Fsp3) is 0.889. The summed E-state index contributed by atoms with van der Waals surface area (Å²) in [5.41, 5.74) is 0. The molecule has 4 heteroatoms. The van der Waals surface area contributed by atoms with Crippen molar-refractivity contribution < 1.29 is 9.53 Å². The molecule has 0 aromatic rings. The molecule has 0 saturated carbocycles. The molecule has 76 valence electrons. The largest absolute Gasteiger partial charge is 0.468 e. The van der Waals surface area contributed by atoms with E-state index >= 15 is 0 Å². The SMILES string of the molecule is COC(=O)C1CCN1CCN(C)C. The Morgan fingerprint density at radius 3 is 2.69 bits per heavy atom. The number of hydrogen-bond acceptors (Lipinski definition) is 4. The van der Waals surface area contributed by atoms with E-state index in [1.807, 2.05) is 14.1 Å². The van der Waals surface area contributed by atoms with Crippen LogP contribution in [0.4, 0.5) is 0 Å². The molecule has 1 unspecified atom stereocenters. The van der Waals surface area contributed by atoms with Crippen LogP contribution in [-0.2, 0) is 9.53 Å². The van der Waals surface area contributed by atoms with E-state index in [2.05, 4.69) is 9.80 Å². The third-order valence-corrected chi connectivity index (χ3v) is 2.44. The molecule has 1 atom stereocenters. The first kappa shape index (κ1) is 10.5. The van der Waals surface area contributed by atoms with Gasteiger partial charge in [0.1, 0.15) is 6.04 Å². The number of methoxy groups -OCH3 is 1. The predicted octanol–water partition coefficient (Wildman–Crippen LogP) is -0.205. The number of likely N-dealkylation sites (tertiary alicyclic amines) is 1. The molecular formula is C9H18N2O2. The maximum absolute atomic E-state index is 11.2. The first-order valence-electron chi connectivity index (χ1n) is 4.61. The van der Waals surface area contributed by atoms with Gasteiger partial charge in [-0.25, -0.2) is 0 Å². The number of hydrogen-bond donors (Lipinski definition) is 0. The summed E-state index contributed by atoms with van der Waals surface area (Å²) in [6.45, 7) is 2.97. The highest BCUT2D eigenvalue weighted by Gasteiger charge is 2.34. The van der Waals surface area contributed by atoms with Gasteiger partial charge in [0.25, 0.3) is 0 Å². The molecule has 0 spiro atoms. The van der Waals surface area contributed by atoms with Crippen LogP contribution >= 0.6 is 0 Å². The molecule has 0 aliphatic carbocycles. The standard InChI is InChI=1S/C9H18N2O2/c1-10(2)6-7-11-5-4-8(11)9(12)13-3/h8H,4-7H2,1-3H3. The number of nitrogens with zero attached hydrogens (tertiary/aromatic N) is 2. The molecule has 1 aliphatic rings. The zero-order valence-corrected chi connectivity index (χ0v) is 8.62. The van der Waals surface area contributed by atoms with Crippen LogP contribution in [0, 0.1) is 0 Å². The van der Waals surface area contributed by atoms with Gasteiger partial charge in [-0.15, -0.1) is 0 Å². The fourth-order valence-electron chi connectivity index (χ4n) is 1.44. The lowest BCUT2D eigenvalue weighted by Crippen LogP contribution is -2.54. The number of ether oxygens (including phenoxy) is 1. The highest BCUT2D eigenvalue weighted by Crippen LogP contribution is 2.17. The smallest absolute Gasteiger partial charge is 0.323 e. The monoisotopic (exact) mass is 186 g/mol. The second-order valence-electron chi connectivity index (χ2n) is 3.67. The summed E-state index contributed by atoms with van der Waals surface area (Å²) in [7, 11) is 5.52. The quantitative estimate of drug-likeness (QED) is 0.569. The zero-order valence-electron chi connectivity index (χ0n) is 8.62. The van der Waals surface area contributed by atoms with Gasteiger partial charge in [0, 0.05) is 19.6 Å². The van der Waals surface area contributed by atoms with Gasteiger partial charge < -0.3 is 9.64 Å². The minimum Gasteiger partial charge on any atom is -0.468 e. The van der Waals surface area contributed by atoms with Crippen molar-refractivity contribution in [3.8, 4) is 0 Å². The molecule has 1 fully saturated rings. The van der Waals surface area contributed by atoms with E-state index in [-0.39, 0.29) is 12.0 Å². The van der Waals surface area contributed by atoms with Crippen LogP contribution in [0.15, 0.2) is 0 Å². The second kappa shape index (κ2) is 4.58. The van der Waals surface area contributed by atoms with Crippen LogP contribution in [0.2, 0.25) is 0 Å². The van der Waals surface area contributed by atoms with E-state index in [0.29, 0.717) is 0 Å². The van der Waals surface area contributed by atoms with Crippen molar-refractivity contribution in [2.75, 3.05) is 40.8 Å². The summed E-state index contributed by atoms with van der Waals surface area (Å²) in [6, 6.07) is 0.0185. The molecule has 0 aromatic carbocycles. The van der Waals surface area contributed by atoms with Gasteiger partial charge >= 0.3 is 5.97 Å². The molecule has 0 N–H and O–H groups in total. The summed E-state index contributed by atoms with van der Waals surface area (Å²) in [5.74, 6) is -0.0926. The molecule has 1 rings (SSSR count). The molecule has 0 aromatic heterocycles. The molecular weight excluding hydrogens is 168 g/mol. The lowest BCUT2D eigenvalue weighted by Gasteiger charge is -2.39. The number of rotatable bonds is 4. The lowest BCUT2D eigenvalue weighted by atomic mass is 10.0. The Hall–Kier alpha value is -0.610. The molecule has 0 radical (unpaired) electrons. The van der Waals surface area contributed by atoms with Crippen LogP contribution in [0.3, 0.4) is 0 Å². The molecule has 13 heavy (non-hydrogen) atoms. The molecule has 1 saturated heterocycles. The second-order valence-corrected chi connectivity index (χ2v) is 3.67. The molecule has 0 amide bonds. The van der Waals surface area contributed by atoms with Crippen molar-refractivity contribution in [1.29, 1.82) is 0 Å². The van der Waals surface area contributed by atoms with Gasteiger partial charge in [-0.1, -0.05) is 0 Å². The highest BCUT2D eigenvalue weighted by atomic mass is 16.5. The maximum atomic E-state index is 11.2. The van der Waals surface area contributed by atoms with E-state index in [1.54, 1.807) is 0 Å². The lowest BCUT2D eigenvalue weighted by molar-refractivity contribution is -0.151. The highest BCUT2D eigenvalue weighted by molar-refractivity contribution is 5.76. The maximum Gasteiger partial charge on any atom is 0.323 e. The summed E-state index contributed by atoms with van der Waals surface area (Å²) in [5, 5.41) is 0. The molecule has 1 aliphatic heterocycles.